The molecule has 4 rings (SSSR count). The van der Waals surface area contributed by atoms with E-state index in [1.165, 1.54) is 16.7 Å². The van der Waals surface area contributed by atoms with Crippen molar-refractivity contribution in [3.8, 4) is 0 Å². The molecule has 2 saturated heterocycles. The molecule has 0 unspecified atom stereocenters. The summed E-state index contributed by atoms with van der Waals surface area (Å²) in [6.07, 6.45) is 4.66. The fraction of sp³-hybridized carbons (Fsp3) is 0.619. The molecule has 0 aliphatic carbocycles. The molecule has 3 heterocycles. The number of H-pyrrole nitrogens is 1. The summed E-state index contributed by atoms with van der Waals surface area (Å²) in [5.41, 5.74) is 19.1. The number of nitrogens with one attached hydrogen (secondary N) is 5. The number of carbonyl (C=O) groups is 7. The maximum atomic E-state index is 14.3. The van der Waals surface area contributed by atoms with Gasteiger partial charge in [-0.3, -0.25) is 33.8 Å². The van der Waals surface area contributed by atoms with Crippen LogP contribution in [0.15, 0.2) is 35.5 Å². The number of aliphatic carboxylic acids is 1. The number of amides is 6. The predicted molar refractivity (Wildman–Crippen MR) is 229 cm³/mol. The Bertz CT molecular complexity index is 1910. The van der Waals surface area contributed by atoms with E-state index in [0.29, 0.717) is 38.6 Å². The van der Waals surface area contributed by atoms with E-state index in [4.69, 9.17) is 17.2 Å². The molecule has 0 saturated carbocycles. The number of hydrogen-bond acceptors (Lipinski definition) is 9. The summed E-state index contributed by atoms with van der Waals surface area (Å²) in [6.45, 7) is 9.62. The number of aromatic amines is 1. The monoisotopic (exact) mass is 852 g/mol. The number of rotatable bonds is 21. The number of likely N-dealkylation sites (tertiary alicyclic amines) is 2. The van der Waals surface area contributed by atoms with E-state index in [0.717, 1.165) is 16.5 Å². The van der Waals surface area contributed by atoms with Gasteiger partial charge in [0.25, 0.3) is 0 Å². The van der Waals surface area contributed by atoms with Gasteiger partial charge in [-0.2, -0.15) is 0 Å². The average molecular weight is 852 g/mol. The molecule has 19 nitrogen and oxygen atoms in total. The zero-order valence-electron chi connectivity index (χ0n) is 35.9. The fourth-order valence-corrected chi connectivity index (χ4v) is 7.99. The second-order valence-corrected chi connectivity index (χ2v) is 17.0. The summed E-state index contributed by atoms with van der Waals surface area (Å²) in [6, 6.07) is 0.566. The highest BCUT2D eigenvalue weighted by Crippen LogP contribution is 2.27. The van der Waals surface area contributed by atoms with Crippen molar-refractivity contribution in [2.75, 3.05) is 19.6 Å². The zero-order valence-corrected chi connectivity index (χ0v) is 35.9. The topological polar surface area (TPSA) is 301 Å². The number of nitrogens with zero attached hydrogens (tertiary/aromatic N) is 3. The highest BCUT2D eigenvalue weighted by atomic mass is 16.4. The Kier molecular flexibility index (Phi) is 17.5. The quantitative estimate of drug-likeness (QED) is 0.0465. The smallest absolute Gasteiger partial charge is 0.326 e. The summed E-state index contributed by atoms with van der Waals surface area (Å²) in [4.78, 5) is 104. The first kappa shape index (κ1) is 48.0. The van der Waals surface area contributed by atoms with Gasteiger partial charge in [0.2, 0.25) is 35.4 Å². The standard InChI is InChI=1S/C42H65N11O8/c1-23(2)19-31(50-36(55)28(43)21-26-22-47-29-12-7-6-11-27(26)29)39(58)53-18-10-15-34(53)40(59)52-17-9-14-33(52)38(57)49-30(13-8-16-46-42(44)45)37(56)48-25(5)35(54)51-32(41(60)61)20-24(3)4/h6-7,11-12,22-25,28,30-34,47H,8-10,13-21,43H2,1-5H3,(H,48,56)(H,49,57)(H,50,55)(H,51,54)(H,60,61)(H4,44,45,46)/t25-,28-,30-,31-,32-,33-,34-/m0/s1. The van der Waals surface area contributed by atoms with Gasteiger partial charge < -0.3 is 58.4 Å². The largest absolute Gasteiger partial charge is 0.480 e. The van der Waals surface area contributed by atoms with Crippen molar-refractivity contribution in [1.82, 2.24) is 36.1 Å². The van der Waals surface area contributed by atoms with Crippen molar-refractivity contribution in [3.05, 3.63) is 36.0 Å². The second kappa shape index (κ2) is 22.2. The minimum absolute atomic E-state index is 0.0169. The van der Waals surface area contributed by atoms with E-state index in [-0.39, 0.29) is 56.6 Å². The third-order valence-electron chi connectivity index (χ3n) is 11.1. The van der Waals surface area contributed by atoms with Crippen LogP contribution in [-0.2, 0) is 40.0 Å². The van der Waals surface area contributed by atoms with E-state index >= 15 is 0 Å². The Balaban J connectivity index is 1.44. The van der Waals surface area contributed by atoms with Crippen molar-refractivity contribution in [2.24, 2.45) is 34.0 Å². The Hall–Kier alpha value is -5.72. The normalized spacial score (nSPS) is 18.9. The lowest BCUT2D eigenvalue weighted by atomic mass is 10.0. The molecule has 19 heteroatoms. The summed E-state index contributed by atoms with van der Waals surface area (Å²) in [7, 11) is 0. The molecule has 7 atom stereocenters. The lowest BCUT2D eigenvalue weighted by Crippen LogP contribution is -2.59. The van der Waals surface area contributed by atoms with Gasteiger partial charge in [-0.25, -0.2) is 4.79 Å². The number of carbonyl (C=O) groups excluding carboxylic acids is 6. The number of aliphatic imine (C=N–C) groups is 1. The molecule has 61 heavy (non-hydrogen) atoms. The summed E-state index contributed by atoms with van der Waals surface area (Å²) >= 11 is 0. The molecule has 2 fully saturated rings. The molecule has 0 radical (unpaired) electrons. The van der Waals surface area contributed by atoms with Crippen LogP contribution >= 0.6 is 0 Å². The first-order valence-corrected chi connectivity index (χ1v) is 21.3. The van der Waals surface area contributed by atoms with Gasteiger partial charge in [0, 0.05) is 36.7 Å². The molecule has 1 aromatic carbocycles. The van der Waals surface area contributed by atoms with Crippen molar-refractivity contribution in [2.45, 2.75) is 135 Å². The van der Waals surface area contributed by atoms with Crippen LogP contribution in [0.5, 0.6) is 0 Å². The molecule has 336 valence electrons. The van der Waals surface area contributed by atoms with Gasteiger partial charge in [-0.05, 0) is 88.2 Å². The minimum Gasteiger partial charge on any atom is -0.480 e. The van der Waals surface area contributed by atoms with Crippen LogP contribution in [-0.4, -0.2) is 129 Å². The van der Waals surface area contributed by atoms with Gasteiger partial charge in [0.05, 0.1) is 6.04 Å². The lowest BCUT2D eigenvalue weighted by Gasteiger charge is -2.34. The van der Waals surface area contributed by atoms with E-state index in [1.807, 2.05) is 58.2 Å². The van der Waals surface area contributed by atoms with Gasteiger partial charge in [-0.1, -0.05) is 45.9 Å². The molecule has 1 aromatic heterocycles. The molecule has 2 aliphatic heterocycles. The Morgan fingerprint density at radius 2 is 1.43 bits per heavy atom. The first-order valence-electron chi connectivity index (χ1n) is 21.3. The third-order valence-corrected chi connectivity index (χ3v) is 11.1. The van der Waals surface area contributed by atoms with Crippen LogP contribution < -0.4 is 38.5 Å². The Labute approximate surface area is 356 Å². The number of aromatic nitrogens is 1. The van der Waals surface area contributed by atoms with Crippen molar-refractivity contribution in [1.29, 1.82) is 0 Å². The zero-order chi connectivity index (χ0) is 45.0. The SMILES string of the molecule is CC(C)C[C@H](NC(=O)[C@H](C)NC(=O)[C@H](CCCN=C(N)N)NC(=O)[C@@H]1CCCN1C(=O)[C@@H]1CCCN1C(=O)[C@H](CC(C)C)NC(=O)[C@@H](N)Cc1c[nH]c2ccccc12)C(=O)O. The molecule has 12 N–H and O–H groups in total. The number of carboxylic acids is 1. The van der Waals surface area contributed by atoms with Gasteiger partial charge in [0.1, 0.15) is 36.3 Å². The first-order chi connectivity index (χ1) is 28.9. The fourth-order valence-electron chi connectivity index (χ4n) is 7.99. The molecular formula is C42H65N11O8. The van der Waals surface area contributed by atoms with Crippen molar-refractivity contribution >= 4 is 58.3 Å². The van der Waals surface area contributed by atoms with Crippen molar-refractivity contribution < 1.29 is 38.7 Å². The molecule has 2 aliphatic rings. The maximum Gasteiger partial charge on any atom is 0.326 e. The van der Waals surface area contributed by atoms with Crippen LogP contribution in [0.3, 0.4) is 0 Å². The summed E-state index contributed by atoms with van der Waals surface area (Å²) in [5, 5.41) is 21.2. The number of nitrogens with two attached hydrogens (primary N) is 3. The number of guanidine groups is 1. The molecule has 2 aromatic rings. The summed E-state index contributed by atoms with van der Waals surface area (Å²) < 4.78 is 0. The van der Waals surface area contributed by atoms with E-state index in [1.54, 1.807) is 0 Å². The van der Waals surface area contributed by atoms with Crippen LogP contribution in [0.1, 0.15) is 91.5 Å². The number of hydrogen-bond donors (Lipinski definition) is 9. The average Bonchev–Trinajstić information content (AvgIpc) is 3.98. The van der Waals surface area contributed by atoms with E-state index in [9.17, 15) is 38.7 Å². The molecule has 0 bridgehead atoms. The molecule has 0 spiro atoms. The minimum atomic E-state index is -1.20. The van der Waals surface area contributed by atoms with Gasteiger partial charge in [-0.15, -0.1) is 0 Å². The van der Waals surface area contributed by atoms with Crippen LogP contribution in [0.4, 0.5) is 0 Å². The molecular weight excluding hydrogens is 787 g/mol. The van der Waals surface area contributed by atoms with Crippen molar-refractivity contribution in [3.63, 3.8) is 0 Å². The number of carboxylic acid groups (broad SMARTS) is 1. The Morgan fingerprint density at radius 1 is 0.803 bits per heavy atom. The van der Waals surface area contributed by atoms with Crippen LogP contribution in [0.25, 0.3) is 10.9 Å². The molecule has 6 amide bonds. The van der Waals surface area contributed by atoms with E-state index < -0.39 is 83.7 Å². The van der Waals surface area contributed by atoms with E-state index in [2.05, 4.69) is 31.2 Å². The number of para-hydroxylation sites is 1. The number of benzene rings is 1. The number of fused-ring (bicyclic) bond motifs is 1. The third kappa shape index (κ3) is 13.4. The maximum absolute atomic E-state index is 14.3. The van der Waals surface area contributed by atoms with Crippen LogP contribution in [0.2, 0.25) is 0 Å². The lowest BCUT2D eigenvalue weighted by molar-refractivity contribution is -0.148. The summed E-state index contributed by atoms with van der Waals surface area (Å²) in [5.74, 6) is -4.61. The predicted octanol–water partition coefficient (Wildman–Crippen LogP) is 0.209. The highest BCUT2D eigenvalue weighted by molar-refractivity contribution is 5.97. The van der Waals surface area contributed by atoms with Gasteiger partial charge in [0.15, 0.2) is 5.96 Å². The van der Waals surface area contributed by atoms with Gasteiger partial charge >= 0.3 is 5.97 Å². The van der Waals surface area contributed by atoms with Crippen LogP contribution in [0, 0.1) is 11.8 Å². The Morgan fingerprint density at radius 3 is 2.08 bits per heavy atom. The second-order valence-electron chi connectivity index (χ2n) is 17.0. The highest BCUT2D eigenvalue weighted by Gasteiger charge is 2.44.